The number of pyridine rings is 1. The molecule has 0 fully saturated rings. The highest BCUT2D eigenvalue weighted by Gasteiger charge is 1.98. The monoisotopic (exact) mass is 320 g/mol. The standard InChI is InChI=1S/C13H9BrN2OS/c14-11-3-1-10(2-4-11)8-17-13-6-5-12(7-15-13)16-9-18/h1-7H,8H2. The van der Waals surface area contributed by atoms with Crippen LogP contribution in [0.5, 0.6) is 5.88 Å². The Morgan fingerprint density at radius 3 is 2.61 bits per heavy atom. The summed E-state index contributed by atoms with van der Waals surface area (Å²) in [5, 5.41) is 2.29. The van der Waals surface area contributed by atoms with Crippen LogP contribution in [0.1, 0.15) is 5.56 Å². The summed E-state index contributed by atoms with van der Waals surface area (Å²) in [5.41, 5.74) is 1.75. The van der Waals surface area contributed by atoms with E-state index in [-0.39, 0.29) is 0 Å². The second-order valence-electron chi connectivity index (χ2n) is 3.47. The number of rotatable bonds is 4. The minimum atomic E-state index is 0.482. The van der Waals surface area contributed by atoms with Gasteiger partial charge >= 0.3 is 0 Å². The SMILES string of the molecule is S=C=Nc1ccc(OCc2ccc(Br)cc2)nc1. The topological polar surface area (TPSA) is 34.5 Å². The first kappa shape index (κ1) is 12.9. The largest absolute Gasteiger partial charge is 0.473 e. The summed E-state index contributed by atoms with van der Waals surface area (Å²) in [7, 11) is 0. The lowest BCUT2D eigenvalue weighted by Gasteiger charge is -2.05. The summed E-state index contributed by atoms with van der Waals surface area (Å²) in [4.78, 5) is 7.94. The van der Waals surface area contributed by atoms with E-state index < -0.39 is 0 Å². The normalized spacial score (nSPS) is 9.61. The summed E-state index contributed by atoms with van der Waals surface area (Å²) < 4.78 is 6.60. The molecular formula is C13H9BrN2OS. The molecule has 2 rings (SSSR count). The summed E-state index contributed by atoms with van der Waals surface area (Å²) in [6, 6.07) is 11.5. The fraction of sp³-hybridized carbons (Fsp3) is 0.0769. The van der Waals surface area contributed by atoms with Crippen molar-refractivity contribution >= 4 is 39.0 Å². The second-order valence-corrected chi connectivity index (χ2v) is 4.57. The molecule has 0 amide bonds. The maximum Gasteiger partial charge on any atom is 0.213 e. The van der Waals surface area contributed by atoms with E-state index >= 15 is 0 Å². The quantitative estimate of drug-likeness (QED) is 0.626. The molecular weight excluding hydrogens is 312 g/mol. The van der Waals surface area contributed by atoms with Gasteiger partial charge in [-0.15, -0.1) is 0 Å². The molecule has 0 N–H and O–H groups in total. The lowest BCUT2D eigenvalue weighted by atomic mass is 10.2. The minimum absolute atomic E-state index is 0.482. The first-order chi connectivity index (χ1) is 8.78. The number of isothiocyanates is 1. The van der Waals surface area contributed by atoms with Crippen molar-refractivity contribution < 1.29 is 4.74 Å². The first-order valence-corrected chi connectivity index (χ1v) is 6.39. The zero-order chi connectivity index (χ0) is 12.8. The number of halogens is 1. The molecule has 18 heavy (non-hydrogen) atoms. The van der Waals surface area contributed by atoms with Gasteiger partial charge in [-0.3, -0.25) is 0 Å². The number of benzene rings is 1. The van der Waals surface area contributed by atoms with Crippen LogP contribution < -0.4 is 4.74 Å². The average molecular weight is 321 g/mol. The fourth-order valence-corrected chi connectivity index (χ4v) is 1.68. The lowest BCUT2D eigenvalue weighted by Crippen LogP contribution is -1.96. The Kier molecular flexibility index (Phi) is 4.59. The molecule has 1 aromatic carbocycles. The molecule has 0 unspecified atom stereocenters. The van der Waals surface area contributed by atoms with E-state index in [2.05, 4.69) is 43.3 Å². The van der Waals surface area contributed by atoms with E-state index in [1.165, 1.54) is 0 Å². The molecule has 0 spiro atoms. The molecule has 3 nitrogen and oxygen atoms in total. The van der Waals surface area contributed by atoms with Crippen LogP contribution >= 0.6 is 28.1 Å². The Labute approximate surface area is 119 Å². The molecule has 0 aliphatic carbocycles. The summed E-state index contributed by atoms with van der Waals surface area (Å²) in [6.07, 6.45) is 1.59. The number of ether oxygens (including phenoxy) is 1. The summed E-state index contributed by atoms with van der Waals surface area (Å²) in [6.45, 7) is 0.482. The van der Waals surface area contributed by atoms with Crippen LogP contribution in [0, 0.1) is 0 Å². The van der Waals surface area contributed by atoms with Gasteiger partial charge in [0.2, 0.25) is 5.88 Å². The van der Waals surface area contributed by atoms with E-state index in [9.17, 15) is 0 Å². The first-order valence-electron chi connectivity index (χ1n) is 5.19. The molecule has 0 saturated heterocycles. The molecule has 0 aliphatic rings. The molecule has 0 atom stereocenters. The number of thiocarbonyl (C=S) groups is 1. The molecule has 0 bridgehead atoms. The van der Waals surface area contributed by atoms with Gasteiger partial charge in [0, 0.05) is 10.5 Å². The summed E-state index contributed by atoms with van der Waals surface area (Å²) >= 11 is 7.90. The number of hydrogen-bond acceptors (Lipinski definition) is 4. The van der Waals surface area contributed by atoms with Crippen LogP contribution in [0.3, 0.4) is 0 Å². The van der Waals surface area contributed by atoms with Crippen molar-refractivity contribution in [3.63, 3.8) is 0 Å². The van der Waals surface area contributed by atoms with E-state index in [1.54, 1.807) is 18.3 Å². The number of aliphatic imine (C=N–C) groups is 1. The van der Waals surface area contributed by atoms with Crippen LogP contribution in [0.15, 0.2) is 52.1 Å². The maximum atomic E-state index is 5.55. The Balaban J connectivity index is 1.97. The van der Waals surface area contributed by atoms with Gasteiger partial charge in [0.05, 0.1) is 17.0 Å². The molecule has 0 aliphatic heterocycles. The van der Waals surface area contributed by atoms with Crippen LogP contribution in [-0.2, 0) is 6.61 Å². The third kappa shape index (κ3) is 3.74. The molecule has 5 heteroatoms. The predicted molar refractivity (Wildman–Crippen MR) is 77.4 cm³/mol. The van der Waals surface area contributed by atoms with Gasteiger partial charge in [0.25, 0.3) is 0 Å². The highest BCUT2D eigenvalue weighted by atomic mass is 79.9. The Bertz CT molecular complexity index is 563. The van der Waals surface area contributed by atoms with E-state index in [0.717, 1.165) is 10.0 Å². The van der Waals surface area contributed by atoms with Crippen molar-refractivity contribution in [1.82, 2.24) is 4.98 Å². The maximum absolute atomic E-state index is 5.55. The van der Waals surface area contributed by atoms with E-state index in [1.807, 2.05) is 24.3 Å². The van der Waals surface area contributed by atoms with Crippen molar-refractivity contribution in [2.24, 2.45) is 4.99 Å². The van der Waals surface area contributed by atoms with E-state index in [0.29, 0.717) is 18.2 Å². The number of nitrogens with zero attached hydrogens (tertiary/aromatic N) is 2. The molecule has 1 heterocycles. The molecule has 0 radical (unpaired) electrons. The lowest BCUT2D eigenvalue weighted by molar-refractivity contribution is 0.294. The van der Waals surface area contributed by atoms with E-state index in [4.69, 9.17) is 4.74 Å². The zero-order valence-corrected chi connectivity index (χ0v) is 11.7. The molecule has 1 aromatic heterocycles. The molecule has 2 aromatic rings. The molecule has 0 saturated carbocycles. The zero-order valence-electron chi connectivity index (χ0n) is 9.34. The van der Waals surface area contributed by atoms with Crippen molar-refractivity contribution in [2.75, 3.05) is 0 Å². The van der Waals surface area contributed by atoms with Gasteiger partial charge in [0.15, 0.2) is 0 Å². The molecule has 90 valence electrons. The van der Waals surface area contributed by atoms with Crippen molar-refractivity contribution in [3.05, 3.63) is 52.6 Å². The average Bonchev–Trinajstić information content (AvgIpc) is 2.40. The third-order valence-corrected chi connectivity index (χ3v) is 2.82. The highest BCUT2D eigenvalue weighted by Crippen LogP contribution is 2.16. The minimum Gasteiger partial charge on any atom is -0.473 e. The highest BCUT2D eigenvalue weighted by molar-refractivity contribution is 9.10. The summed E-state index contributed by atoms with van der Waals surface area (Å²) in [5.74, 6) is 0.557. The van der Waals surface area contributed by atoms with Gasteiger partial charge in [0.1, 0.15) is 6.61 Å². The van der Waals surface area contributed by atoms with Gasteiger partial charge in [-0.05, 0) is 36.0 Å². The Morgan fingerprint density at radius 1 is 1.22 bits per heavy atom. The van der Waals surface area contributed by atoms with Crippen LogP contribution in [-0.4, -0.2) is 10.1 Å². The Morgan fingerprint density at radius 2 is 2.00 bits per heavy atom. The Hall–Kier alpha value is -1.55. The van der Waals surface area contributed by atoms with Gasteiger partial charge in [-0.1, -0.05) is 28.1 Å². The van der Waals surface area contributed by atoms with Gasteiger partial charge in [-0.2, -0.15) is 4.99 Å². The van der Waals surface area contributed by atoms with Crippen molar-refractivity contribution in [3.8, 4) is 5.88 Å². The number of hydrogen-bond donors (Lipinski definition) is 0. The van der Waals surface area contributed by atoms with Gasteiger partial charge in [-0.25, -0.2) is 4.98 Å². The predicted octanol–water partition coefficient (Wildman–Crippen LogP) is 4.16. The number of aromatic nitrogens is 1. The van der Waals surface area contributed by atoms with Crippen LogP contribution in [0.4, 0.5) is 5.69 Å². The smallest absolute Gasteiger partial charge is 0.213 e. The van der Waals surface area contributed by atoms with Crippen LogP contribution in [0.2, 0.25) is 0 Å². The second kappa shape index (κ2) is 6.40. The van der Waals surface area contributed by atoms with Crippen molar-refractivity contribution in [1.29, 1.82) is 0 Å². The third-order valence-electron chi connectivity index (χ3n) is 2.20. The van der Waals surface area contributed by atoms with Crippen LogP contribution in [0.25, 0.3) is 0 Å². The fourth-order valence-electron chi connectivity index (χ4n) is 1.31. The van der Waals surface area contributed by atoms with Crippen molar-refractivity contribution in [2.45, 2.75) is 6.61 Å². The van der Waals surface area contributed by atoms with Gasteiger partial charge < -0.3 is 4.74 Å².